The highest BCUT2D eigenvalue weighted by Crippen LogP contribution is 2.55. The third-order valence-electron chi connectivity index (χ3n) is 9.09. The molecule has 0 bridgehead atoms. The average molecular weight is 604 g/mol. The Morgan fingerprint density at radius 3 is 2.59 bits per heavy atom. The van der Waals surface area contributed by atoms with Crippen molar-refractivity contribution in [2.75, 3.05) is 20.3 Å². The molecule has 2 saturated carbocycles. The Balaban J connectivity index is 1.27. The Labute approximate surface area is 251 Å². The summed E-state index contributed by atoms with van der Waals surface area (Å²) in [7, 11) is 1.49. The fraction of sp³-hybridized carbons (Fsp3) is 0.375. The van der Waals surface area contributed by atoms with Crippen molar-refractivity contribution in [3.05, 3.63) is 71.3 Å². The highest BCUT2D eigenvalue weighted by atomic mass is 19.1. The van der Waals surface area contributed by atoms with Crippen LogP contribution in [0.1, 0.15) is 60.3 Å². The minimum Gasteiger partial charge on any atom is -0.494 e. The summed E-state index contributed by atoms with van der Waals surface area (Å²) in [6.07, 6.45) is 4.02. The standard InChI is InChI=1S/C32H31F2N5O5/c1-30(29(35)41)16-44-27-22(30)13-24(37-26(27)17-3-5-20(33)6-4-17)32(42,31(34)9-10-31)15-36-28(40)18-11-19-14-39(21-7-8-21)38-25(19)23(12-18)43-2/h3-6,11-14,21,42H,7-10,15-16H2,1-2H3,(H2,35,41)(H,36,40)/t30-,32-/m0/s1. The lowest BCUT2D eigenvalue weighted by molar-refractivity contribution is -0.123. The van der Waals surface area contributed by atoms with Gasteiger partial charge in [0, 0.05) is 28.3 Å². The fourth-order valence-electron chi connectivity index (χ4n) is 5.85. The second-order valence-electron chi connectivity index (χ2n) is 12.2. The zero-order chi connectivity index (χ0) is 31.0. The molecule has 2 fully saturated rings. The monoisotopic (exact) mass is 603 g/mol. The zero-order valence-electron chi connectivity index (χ0n) is 24.2. The van der Waals surface area contributed by atoms with Crippen molar-refractivity contribution in [1.29, 1.82) is 0 Å². The van der Waals surface area contributed by atoms with Gasteiger partial charge in [-0.3, -0.25) is 14.3 Å². The summed E-state index contributed by atoms with van der Waals surface area (Å²) in [6, 6.07) is 10.4. The molecule has 3 heterocycles. The highest BCUT2D eigenvalue weighted by Gasteiger charge is 2.62. The fourth-order valence-corrected chi connectivity index (χ4v) is 5.85. The summed E-state index contributed by atoms with van der Waals surface area (Å²) >= 11 is 0. The summed E-state index contributed by atoms with van der Waals surface area (Å²) < 4.78 is 43.2. The molecule has 7 rings (SSSR count). The van der Waals surface area contributed by atoms with Gasteiger partial charge in [0.25, 0.3) is 5.91 Å². The van der Waals surface area contributed by atoms with Gasteiger partial charge in [-0.1, -0.05) is 0 Å². The molecule has 12 heteroatoms. The van der Waals surface area contributed by atoms with Gasteiger partial charge in [-0.25, -0.2) is 13.8 Å². The first-order valence-corrected chi connectivity index (χ1v) is 14.5. The van der Waals surface area contributed by atoms with Gasteiger partial charge in [0.05, 0.1) is 25.4 Å². The Morgan fingerprint density at radius 2 is 1.95 bits per heavy atom. The van der Waals surface area contributed by atoms with E-state index >= 15 is 4.39 Å². The second-order valence-corrected chi connectivity index (χ2v) is 12.2. The number of benzene rings is 2. The van der Waals surface area contributed by atoms with Crippen molar-refractivity contribution in [2.24, 2.45) is 5.73 Å². The van der Waals surface area contributed by atoms with Gasteiger partial charge in [-0.15, -0.1) is 0 Å². The molecule has 2 aromatic heterocycles. The largest absolute Gasteiger partial charge is 0.494 e. The van der Waals surface area contributed by atoms with E-state index in [4.69, 9.17) is 15.2 Å². The van der Waals surface area contributed by atoms with Crippen molar-refractivity contribution in [3.63, 3.8) is 0 Å². The molecular weight excluding hydrogens is 572 g/mol. The number of hydrogen-bond acceptors (Lipinski definition) is 7. The minimum absolute atomic E-state index is 0.0355. The number of primary amides is 1. The number of carbonyl (C=O) groups excluding carboxylic acids is 2. The van der Waals surface area contributed by atoms with Gasteiger partial charge >= 0.3 is 0 Å². The molecule has 4 aromatic rings. The van der Waals surface area contributed by atoms with Crippen LogP contribution in [-0.4, -0.2) is 57.6 Å². The van der Waals surface area contributed by atoms with Crippen molar-refractivity contribution in [1.82, 2.24) is 20.1 Å². The maximum atomic E-state index is 16.1. The molecule has 10 nitrogen and oxygen atoms in total. The van der Waals surface area contributed by atoms with Gasteiger partial charge in [-0.05, 0) is 75.1 Å². The van der Waals surface area contributed by atoms with Crippen LogP contribution in [0, 0.1) is 5.82 Å². The Morgan fingerprint density at radius 1 is 1.23 bits per heavy atom. The quantitative estimate of drug-likeness (QED) is 0.264. The van der Waals surface area contributed by atoms with Crippen LogP contribution in [0.15, 0.2) is 48.7 Å². The number of nitrogens with two attached hydrogens (primary N) is 1. The van der Waals surface area contributed by atoms with Crippen molar-refractivity contribution < 1.29 is 33.0 Å². The average Bonchev–Trinajstić information content (AvgIpc) is 3.93. The lowest BCUT2D eigenvalue weighted by atomic mass is 9.80. The number of methoxy groups -OCH3 is 1. The number of halogens is 2. The number of pyridine rings is 1. The van der Waals surface area contributed by atoms with Crippen LogP contribution in [0.5, 0.6) is 11.5 Å². The van der Waals surface area contributed by atoms with Crippen molar-refractivity contribution in [3.8, 4) is 22.8 Å². The van der Waals surface area contributed by atoms with Crippen LogP contribution in [0.25, 0.3) is 22.2 Å². The minimum atomic E-state index is -2.28. The molecule has 2 atom stereocenters. The molecule has 2 aromatic carbocycles. The lowest BCUT2D eigenvalue weighted by Crippen LogP contribution is -2.49. The number of alkyl halides is 1. The number of rotatable bonds is 9. The Bertz CT molecular complexity index is 1840. The van der Waals surface area contributed by atoms with Crippen LogP contribution >= 0.6 is 0 Å². The summed E-state index contributed by atoms with van der Waals surface area (Å²) in [5.41, 5.74) is 1.81. The maximum absolute atomic E-state index is 16.1. The first kappa shape index (κ1) is 28.2. The SMILES string of the molecule is COc1cc(C(=O)NC[C@](O)(c2cc3c(c(-c4ccc(F)cc4)n2)OC[C@]3(C)C(N)=O)C2(F)CC2)cc2cn(C3CC3)nc12. The molecule has 0 saturated heterocycles. The molecule has 228 valence electrons. The first-order chi connectivity index (χ1) is 21.0. The van der Waals surface area contributed by atoms with Crippen LogP contribution in [-0.2, 0) is 15.8 Å². The number of aliphatic hydroxyl groups is 1. The molecule has 1 aliphatic heterocycles. The summed E-state index contributed by atoms with van der Waals surface area (Å²) in [5.74, 6) is -1.05. The number of amides is 2. The van der Waals surface area contributed by atoms with E-state index in [1.165, 1.54) is 37.4 Å². The molecule has 3 aliphatic rings. The Hall–Kier alpha value is -4.58. The number of carbonyl (C=O) groups is 2. The van der Waals surface area contributed by atoms with Gasteiger partial charge in [0.1, 0.15) is 46.2 Å². The number of ether oxygens (including phenoxy) is 2. The molecule has 0 unspecified atom stereocenters. The van der Waals surface area contributed by atoms with E-state index in [1.807, 2.05) is 10.9 Å². The maximum Gasteiger partial charge on any atom is 0.251 e. The third-order valence-corrected chi connectivity index (χ3v) is 9.09. The van der Waals surface area contributed by atoms with Gasteiger partial charge in [0.15, 0.2) is 5.60 Å². The van der Waals surface area contributed by atoms with E-state index in [0.717, 1.165) is 18.2 Å². The number of hydrogen-bond donors (Lipinski definition) is 3. The second kappa shape index (κ2) is 9.71. The summed E-state index contributed by atoms with van der Waals surface area (Å²) in [4.78, 5) is 30.7. The van der Waals surface area contributed by atoms with Crippen LogP contribution in [0.4, 0.5) is 8.78 Å². The topological polar surface area (TPSA) is 142 Å². The molecule has 2 amide bonds. The number of nitrogens with zero attached hydrogens (tertiary/aromatic N) is 3. The zero-order valence-corrected chi connectivity index (χ0v) is 24.2. The van der Waals surface area contributed by atoms with E-state index in [-0.39, 0.29) is 42.1 Å². The van der Waals surface area contributed by atoms with Crippen molar-refractivity contribution >= 4 is 22.7 Å². The number of nitrogens with one attached hydrogen (secondary N) is 1. The molecule has 44 heavy (non-hydrogen) atoms. The van der Waals surface area contributed by atoms with Gasteiger partial charge in [-0.2, -0.15) is 5.10 Å². The molecule has 0 radical (unpaired) electrons. The van der Waals surface area contributed by atoms with Crippen LogP contribution < -0.4 is 20.5 Å². The summed E-state index contributed by atoms with van der Waals surface area (Å²) in [6.45, 7) is 0.985. The van der Waals surface area contributed by atoms with E-state index < -0.39 is 40.9 Å². The van der Waals surface area contributed by atoms with Crippen LogP contribution in [0.3, 0.4) is 0 Å². The van der Waals surface area contributed by atoms with E-state index in [2.05, 4.69) is 15.4 Å². The lowest BCUT2D eigenvalue weighted by Gasteiger charge is -2.33. The molecular formula is C32H31F2N5O5. The number of aromatic nitrogens is 3. The predicted octanol–water partition coefficient (Wildman–Crippen LogP) is 3.84. The predicted molar refractivity (Wildman–Crippen MR) is 156 cm³/mol. The molecule has 4 N–H and O–H groups in total. The summed E-state index contributed by atoms with van der Waals surface area (Å²) in [5, 5.41) is 20.1. The normalized spacial score (nSPS) is 21.3. The van der Waals surface area contributed by atoms with E-state index in [0.29, 0.717) is 28.4 Å². The molecule has 2 aliphatic carbocycles. The van der Waals surface area contributed by atoms with Gasteiger partial charge in [0.2, 0.25) is 5.91 Å². The van der Waals surface area contributed by atoms with E-state index in [9.17, 15) is 19.1 Å². The van der Waals surface area contributed by atoms with Crippen molar-refractivity contribution in [2.45, 2.75) is 55.3 Å². The smallest absolute Gasteiger partial charge is 0.251 e. The Kier molecular flexibility index (Phi) is 6.23. The first-order valence-electron chi connectivity index (χ1n) is 14.5. The van der Waals surface area contributed by atoms with Gasteiger partial charge < -0.3 is 25.6 Å². The molecule has 0 spiro atoms. The number of fused-ring (bicyclic) bond motifs is 2. The third kappa shape index (κ3) is 4.38. The highest BCUT2D eigenvalue weighted by molar-refractivity contribution is 6.00. The van der Waals surface area contributed by atoms with E-state index in [1.54, 1.807) is 19.1 Å². The van der Waals surface area contributed by atoms with Crippen LogP contribution in [0.2, 0.25) is 0 Å².